The van der Waals surface area contributed by atoms with Crippen LogP contribution in [0, 0.1) is 13.8 Å². The van der Waals surface area contributed by atoms with Gasteiger partial charge < -0.3 is 0 Å². The molecule has 0 spiro atoms. The topological polar surface area (TPSA) is 28.7 Å². The van der Waals surface area contributed by atoms with Gasteiger partial charge in [-0.15, -0.1) is 11.6 Å². The van der Waals surface area contributed by atoms with Crippen molar-refractivity contribution in [3.8, 4) is 0 Å². The zero-order valence-corrected chi connectivity index (χ0v) is 11.5. The molecule has 2 nitrogen and oxygen atoms in total. The zero-order chi connectivity index (χ0) is 12.7. The van der Waals surface area contributed by atoms with Crippen LogP contribution < -0.4 is 0 Å². The van der Waals surface area contributed by atoms with Crippen LogP contribution in [0.2, 0.25) is 0 Å². The second kappa shape index (κ2) is 4.43. The van der Waals surface area contributed by atoms with E-state index < -0.39 is 0 Å². The first-order valence-corrected chi connectivity index (χ1v) is 6.83. The highest BCUT2D eigenvalue weighted by molar-refractivity contribution is 6.21. The lowest BCUT2D eigenvalue weighted by atomic mass is 9.82. The molecule has 3 heteroatoms. The van der Waals surface area contributed by atoms with Gasteiger partial charge in [-0.1, -0.05) is 29.8 Å². The number of hydrogen-bond acceptors (Lipinski definition) is 1. The molecule has 0 fully saturated rings. The Balaban J connectivity index is 1.92. The number of aryl methyl sites for hydroxylation is 2. The van der Waals surface area contributed by atoms with Crippen molar-refractivity contribution in [3.63, 3.8) is 0 Å². The minimum Gasteiger partial charge on any atom is -0.282 e. The highest BCUT2D eigenvalue weighted by atomic mass is 35.5. The molecule has 1 aromatic carbocycles. The highest BCUT2D eigenvalue weighted by Crippen LogP contribution is 2.42. The van der Waals surface area contributed by atoms with E-state index in [-0.39, 0.29) is 5.38 Å². The summed E-state index contributed by atoms with van der Waals surface area (Å²) >= 11 is 6.51. The van der Waals surface area contributed by atoms with E-state index in [1.807, 2.05) is 6.92 Å². The van der Waals surface area contributed by atoms with Crippen molar-refractivity contribution in [1.82, 2.24) is 10.2 Å². The maximum Gasteiger partial charge on any atom is 0.0677 e. The number of nitrogens with zero attached hydrogens (tertiary/aromatic N) is 1. The summed E-state index contributed by atoms with van der Waals surface area (Å²) in [6.07, 6.45) is 1.99. The Morgan fingerprint density at radius 1 is 1.22 bits per heavy atom. The van der Waals surface area contributed by atoms with E-state index in [1.54, 1.807) is 0 Å². The Kier molecular flexibility index (Phi) is 2.90. The van der Waals surface area contributed by atoms with Gasteiger partial charge in [-0.25, -0.2) is 0 Å². The summed E-state index contributed by atoms with van der Waals surface area (Å²) in [6, 6.07) is 8.77. The molecule has 0 saturated heterocycles. The molecule has 2 aromatic rings. The third kappa shape index (κ3) is 1.95. The molecule has 2 unspecified atom stereocenters. The molecule has 0 amide bonds. The van der Waals surface area contributed by atoms with E-state index in [0.29, 0.717) is 5.92 Å². The van der Waals surface area contributed by atoms with Crippen LogP contribution in [0.1, 0.15) is 45.8 Å². The van der Waals surface area contributed by atoms with E-state index in [1.165, 1.54) is 16.7 Å². The number of aromatic nitrogens is 2. The summed E-state index contributed by atoms with van der Waals surface area (Å²) in [5.41, 5.74) is 6.16. The lowest BCUT2D eigenvalue weighted by Gasteiger charge is -2.26. The summed E-state index contributed by atoms with van der Waals surface area (Å²) in [7, 11) is 0. The van der Waals surface area contributed by atoms with Gasteiger partial charge in [-0.2, -0.15) is 5.10 Å². The van der Waals surface area contributed by atoms with Gasteiger partial charge >= 0.3 is 0 Å². The molecule has 0 radical (unpaired) electrons. The highest BCUT2D eigenvalue weighted by Gasteiger charge is 2.30. The number of hydrogen-bond donors (Lipinski definition) is 1. The third-order valence-corrected chi connectivity index (χ3v) is 4.26. The van der Waals surface area contributed by atoms with E-state index in [9.17, 15) is 0 Å². The van der Waals surface area contributed by atoms with Crippen molar-refractivity contribution in [2.24, 2.45) is 0 Å². The molecule has 1 aliphatic rings. The van der Waals surface area contributed by atoms with Gasteiger partial charge in [-0.05, 0) is 38.2 Å². The Morgan fingerprint density at radius 3 is 2.67 bits per heavy atom. The maximum atomic E-state index is 6.51. The first-order valence-electron chi connectivity index (χ1n) is 6.39. The molecule has 0 bridgehead atoms. The average Bonchev–Trinajstić information content (AvgIpc) is 2.72. The van der Waals surface area contributed by atoms with E-state index in [4.69, 9.17) is 11.6 Å². The molecular formula is C15H17ClN2. The Morgan fingerprint density at radius 2 is 1.94 bits per heavy atom. The number of H-pyrrole nitrogens is 1. The van der Waals surface area contributed by atoms with E-state index >= 15 is 0 Å². The standard InChI is InChI=1S/C15H17ClN2/c1-9-3-5-11(6-4-9)12-7-13(16)15-10(2)17-18-14(15)8-12/h3-6,12-13H,7-8H2,1-2H3,(H,17,18). The van der Waals surface area contributed by atoms with Crippen molar-refractivity contribution in [2.75, 3.05) is 0 Å². The molecule has 18 heavy (non-hydrogen) atoms. The molecule has 1 aliphatic carbocycles. The SMILES string of the molecule is Cc1ccc(C2Cc3n[nH]c(C)c3C(Cl)C2)cc1. The van der Waals surface area contributed by atoms with E-state index in [0.717, 1.165) is 24.2 Å². The molecule has 0 aliphatic heterocycles. The van der Waals surface area contributed by atoms with Crippen LogP contribution in [0.4, 0.5) is 0 Å². The quantitative estimate of drug-likeness (QED) is 0.771. The van der Waals surface area contributed by atoms with Gasteiger partial charge in [0, 0.05) is 11.3 Å². The lowest BCUT2D eigenvalue weighted by Crippen LogP contribution is -2.14. The summed E-state index contributed by atoms with van der Waals surface area (Å²) in [5, 5.41) is 7.53. The summed E-state index contributed by atoms with van der Waals surface area (Å²) in [5.74, 6) is 0.489. The Bertz CT molecular complexity index is 556. The lowest BCUT2D eigenvalue weighted by molar-refractivity contribution is 0.564. The number of nitrogens with one attached hydrogen (secondary N) is 1. The second-order valence-corrected chi connectivity index (χ2v) is 5.75. The fourth-order valence-electron chi connectivity index (χ4n) is 2.84. The third-order valence-electron chi connectivity index (χ3n) is 3.87. The van der Waals surface area contributed by atoms with Gasteiger partial charge in [0.2, 0.25) is 0 Å². The molecule has 94 valence electrons. The van der Waals surface area contributed by atoms with Gasteiger partial charge in [0.1, 0.15) is 0 Å². The second-order valence-electron chi connectivity index (χ2n) is 5.22. The molecular weight excluding hydrogens is 244 g/mol. The number of rotatable bonds is 1. The Hall–Kier alpha value is -1.28. The predicted molar refractivity (Wildman–Crippen MR) is 74.2 cm³/mol. The number of aromatic amines is 1. The van der Waals surface area contributed by atoms with Crippen molar-refractivity contribution in [1.29, 1.82) is 0 Å². The summed E-state index contributed by atoms with van der Waals surface area (Å²) in [6.45, 7) is 4.16. The molecule has 2 atom stereocenters. The van der Waals surface area contributed by atoms with Crippen LogP contribution in [0.5, 0.6) is 0 Å². The van der Waals surface area contributed by atoms with Crippen molar-refractivity contribution in [2.45, 2.75) is 38.0 Å². The van der Waals surface area contributed by atoms with Gasteiger partial charge in [0.15, 0.2) is 0 Å². The van der Waals surface area contributed by atoms with Crippen LogP contribution in [0.25, 0.3) is 0 Å². The van der Waals surface area contributed by atoms with Gasteiger partial charge in [-0.3, -0.25) is 5.10 Å². The molecule has 3 rings (SSSR count). The molecule has 1 N–H and O–H groups in total. The molecule has 1 heterocycles. The fraction of sp³-hybridized carbons (Fsp3) is 0.400. The van der Waals surface area contributed by atoms with Gasteiger partial charge in [0.25, 0.3) is 0 Å². The predicted octanol–water partition coefficient (Wildman–Crippen LogP) is 4.04. The fourth-order valence-corrected chi connectivity index (χ4v) is 3.34. The molecule has 1 aromatic heterocycles. The normalized spacial score (nSPS) is 22.8. The van der Waals surface area contributed by atoms with Crippen LogP contribution in [-0.2, 0) is 6.42 Å². The minimum absolute atomic E-state index is 0.0822. The minimum atomic E-state index is 0.0822. The van der Waals surface area contributed by atoms with Crippen molar-refractivity contribution < 1.29 is 0 Å². The maximum absolute atomic E-state index is 6.51. The van der Waals surface area contributed by atoms with Crippen LogP contribution in [0.3, 0.4) is 0 Å². The van der Waals surface area contributed by atoms with Gasteiger partial charge in [0.05, 0.1) is 11.1 Å². The van der Waals surface area contributed by atoms with Crippen LogP contribution in [0.15, 0.2) is 24.3 Å². The first kappa shape index (κ1) is 11.8. The van der Waals surface area contributed by atoms with Crippen molar-refractivity contribution >= 4 is 11.6 Å². The molecule has 0 saturated carbocycles. The summed E-state index contributed by atoms with van der Waals surface area (Å²) < 4.78 is 0. The van der Waals surface area contributed by atoms with Crippen molar-refractivity contribution in [3.05, 3.63) is 52.3 Å². The number of benzene rings is 1. The van der Waals surface area contributed by atoms with Crippen LogP contribution in [-0.4, -0.2) is 10.2 Å². The average molecular weight is 261 g/mol. The smallest absolute Gasteiger partial charge is 0.0677 e. The Labute approximate surface area is 112 Å². The zero-order valence-electron chi connectivity index (χ0n) is 10.7. The number of fused-ring (bicyclic) bond motifs is 1. The number of halogens is 1. The monoisotopic (exact) mass is 260 g/mol. The summed E-state index contributed by atoms with van der Waals surface area (Å²) in [4.78, 5) is 0. The number of alkyl halides is 1. The van der Waals surface area contributed by atoms with E-state index in [2.05, 4.69) is 41.4 Å². The first-order chi connectivity index (χ1) is 8.65. The largest absolute Gasteiger partial charge is 0.282 e. The van der Waals surface area contributed by atoms with Crippen LogP contribution >= 0.6 is 11.6 Å².